The van der Waals surface area contributed by atoms with Gasteiger partial charge < -0.3 is 13.6 Å². The van der Waals surface area contributed by atoms with Crippen molar-refractivity contribution in [1.82, 2.24) is 4.98 Å². The molecule has 0 amide bonds. The molecule has 5 rings (SSSR count). The zero-order valence-electron chi connectivity index (χ0n) is 19.7. The van der Waals surface area contributed by atoms with E-state index in [0.29, 0.717) is 0 Å². The molecule has 0 aliphatic carbocycles. The summed E-state index contributed by atoms with van der Waals surface area (Å²) in [6.07, 6.45) is 2.76. The minimum atomic E-state index is 0. The van der Waals surface area contributed by atoms with Crippen LogP contribution < -0.4 is 21.2 Å². The van der Waals surface area contributed by atoms with Crippen molar-refractivity contribution in [3.8, 4) is 0 Å². The maximum absolute atomic E-state index is 4.04. The van der Waals surface area contributed by atoms with Crippen LogP contribution in [0.5, 0.6) is 0 Å². The van der Waals surface area contributed by atoms with E-state index in [-0.39, 0.29) is 21.1 Å². The first-order valence-electron chi connectivity index (χ1n) is 11.3. The SMILES string of the molecule is CCc1[c-]cccn1.[Pt+2].c1ccc(Pc2ccccc2)cc1.c1ccc([P-]c2ccccc2)cc1. The van der Waals surface area contributed by atoms with Gasteiger partial charge in [-0.1, -0.05) is 149 Å². The van der Waals surface area contributed by atoms with Crippen LogP contribution in [-0.2, 0) is 27.5 Å². The first kappa shape index (κ1) is 28.8. The van der Waals surface area contributed by atoms with E-state index in [1.807, 2.05) is 24.3 Å². The molecule has 0 fully saturated rings. The molecule has 1 aromatic heterocycles. The standard InChI is InChI=1S/C12H11P.C12H10P.C7H8N.Pt/c2*1-3-7-11(8-4-1)13-12-9-5-2-6-10-12;1-2-7-5-3-4-6-8-7;/h1-10,13H;1-10H;3-4,6H,2H2,1H3;/q;2*-1;+2. The fraction of sp³-hybridized carbons (Fsp3) is 0.0645. The molecule has 0 spiro atoms. The third-order valence-electron chi connectivity index (χ3n) is 4.60. The predicted octanol–water partition coefficient (Wildman–Crippen LogP) is 6.34. The van der Waals surface area contributed by atoms with Crippen molar-refractivity contribution in [1.29, 1.82) is 0 Å². The Morgan fingerprint density at radius 3 is 1.40 bits per heavy atom. The topological polar surface area (TPSA) is 12.9 Å². The number of rotatable bonds is 5. The summed E-state index contributed by atoms with van der Waals surface area (Å²) in [5.41, 5.74) is 1.03. The molecule has 4 aromatic carbocycles. The van der Waals surface area contributed by atoms with E-state index in [0.717, 1.165) is 20.7 Å². The maximum atomic E-state index is 4.04. The molecule has 0 saturated carbocycles. The molecular weight excluding hydrogens is 643 g/mol. The number of benzene rings is 4. The Morgan fingerprint density at radius 2 is 1.06 bits per heavy atom. The molecule has 0 aliphatic heterocycles. The predicted molar refractivity (Wildman–Crippen MR) is 152 cm³/mol. The summed E-state index contributed by atoms with van der Waals surface area (Å²) in [5.74, 6) is 0. The Bertz CT molecular complexity index is 1010. The summed E-state index contributed by atoms with van der Waals surface area (Å²) in [6.45, 7) is 2.07. The van der Waals surface area contributed by atoms with Crippen LogP contribution in [0.3, 0.4) is 0 Å². The molecule has 178 valence electrons. The van der Waals surface area contributed by atoms with Crippen LogP contribution in [0.15, 0.2) is 140 Å². The van der Waals surface area contributed by atoms with Gasteiger partial charge in [-0.3, -0.25) is 0 Å². The zero-order chi connectivity index (χ0) is 23.7. The molecule has 0 N–H and O–H groups in total. The minimum absolute atomic E-state index is 0. The van der Waals surface area contributed by atoms with Gasteiger partial charge in [-0.05, 0) is 17.0 Å². The third-order valence-corrected chi connectivity index (χ3v) is 6.96. The summed E-state index contributed by atoms with van der Waals surface area (Å²) in [5, 5.41) is 5.48. The van der Waals surface area contributed by atoms with E-state index in [1.54, 1.807) is 6.20 Å². The summed E-state index contributed by atoms with van der Waals surface area (Å²) in [4.78, 5) is 4.04. The average Bonchev–Trinajstić information content (AvgIpc) is 2.92. The third kappa shape index (κ3) is 12.2. The molecule has 1 nitrogen and oxygen atoms in total. The molecule has 35 heavy (non-hydrogen) atoms. The molecule has 0 bridgehead atoms. The molecule has 0 aliphatic rings. The molecule has 0 unspecified atom stereocenters. The number of nitrogens with zero attached hydrogens (tertiary/aromatic N) is 1. The van der Waals surface area contributed by atoms with E-state index in [9.17, 15) is 0 Å². The van der Waals surface area contributed by atoms with E-state index in [1.165, 1.54) is 29.8 Å². The van der Waals surface area contributed by atoms with E-state index >= 15 is 0 Å². The van der Waals surface area contributed by atoms with Crippen molar-refractivity contribution in [2.24, 2.45) is 0 Å². The van der Waals surface area contributed by atoms with Gasteiger partial charge in [0.25, 0.3) is 0 Å². The van der Waals surface area contributed by atoms with Crippen LogP contribution >= 0.6 is 17.2 Å². The van der Waals surface area contributed by atoms with Gasteiger partial charge in [0.1, 0.15) is 0 Å². The summed E-state index contributed by atoms with van der Waals surface area (Å²) in [7, 11) is 2.06. The van der Waals surface area contributed by atoms with Crippen LogP contribution in [0.1, 0.15) is 12.6 Å². The number of hydrogen-bond acceptors (Lipinski definition) is 1. The van der Waals surface area contributed by atoms with Crippen LogP contribution in [-0.4, -0.2) is 4.98 Å². The first-order chi connectivity index (χ1) is 16.8. The monoisotopic (exact) mass is 672 g/mol. The minimum Gasteiger partial charge on any atom is -0.472 e. The maximum Gasteiger partial charge on any atom is 2.00 e. The first-order valence-corrected chi connectivity index (χ1v) is 13.2. The number of aromatic nitrogens is 1. The summed E-state index contributed by atoms with van der Waals surface area (Å²) in [6, 6.07) is 48.9. The molecule has 0 atom stereocenters. The Kier molecular flexibility index (Phi) is 14.8. The van der Waals surface area contributed by atoms with Crippen molar-refractivity contribution in [3.63, 3.8) is 0 Å². The Labute approximate surface area is 228 Å². The zero-order valence-corrected chi connectivity index (χ0v) is 23.9. The van der Waals surface area contributed by atoms with Gasteiger partial charge in [-0.15, -0.1) is 0 Å². The fourth-order valence-corrected chi connectivity index (χ4v) is 4.91. The molecule has 0 saturated heterocycles. The van der Waals surface area contributed by atoms with E-state index < -0.39 is 0 Å². The van der Waals surface area contributed by atoms with Gasteiger partial charge in [0, 0.05) is 0 Å². The van der Waals surface area contributed by atoms with Crippen molar-refractivity contribution in [3.05, 3.63) is 151 Å². The fourth-order valence-electron chi connectivity index (χ4n) is 2.91. The molecule has 4 heteroatoms. The number of pyridine rings is 1. The van der Waals surface area contributed by atoms with Gasteiger partial charge >= 0.3 is 21.1 Å². The largest absolute Gasteiger partial charge is 2.00 e. The molecule has 0 radical (unpaired) electrons. The van der Waals surface area contributed by atoms with Crippen LogP contribution in [0.25, 0.3) is 0 Å². The average molecular weight is 673 g/mol. The van der Waals surface area contributed by atoms with E-state index in [2.05, 4.69) is 127 Å². The van der Waals surface area contributed by atoms with Gasteiger partial charge in [0.2, 0.25) is 0 Å². The smallest absolute Gasteiger partial charge is 0.472 e. The van der Waals surface area contributed by atoms with Crippen molar-refractivity contribution < 1.29 is 21.1 Å². The molecule has 1 heterocycles. The van der Waals surface area contributed by atoms with Crippen LogP contribution in [0.2, 0.25) is 0 Å². The van der Waals surface area contributed by atoms with Gasteiger partial charge in [-0.2, -0.15) is 6.07 Å². The Hall–Kier alpha value is -2.42. The van der Waals surface area contributed by atoms with Crippen molar-refractivity contribution >= 4 is 38.4 Å². The normalized spacial score (nSPS) is 9.40. The quantitative estimate of drug-likeness (QED) is 0.157. The van der Waals surface area contributed by atoms with Gasteiger partial charge in [0.15, 0.2) is 0 Å². The second-order valence-electron chi connectivity index (χ2n) is 7.22. The van der Waals surface area contributed by atoms with Crippen molar-refractivity contribution in [2.45, 2.75) is 13.3 Å². The van der Waals surface area contributed by atoms with Crippen molar-refractivity contribution in [2.75, 3.05) is 0 Å². The Balaban J connectivity index is 0.000000188. The molecule has 5 aromatic rings. The van der Waals surface area contributed by atoms with E-state index in [4.69, 9.17) is 0 Å². The summed E-state index contributed by atoms with van der Waals surface area (Å²) < 4.78 is 0. The van der Waals surface area contributed by atoms with Gasteiger partial charge in [-0.25, -0.2) is 22.7 Å². The second-order valence-corrected chi connectivity index (χ2v) is 9.88. The van der Waals surface area contributed by atoms with Gasteiger partial charge in [0.05, 0.1) is 0 Å². The number of hydrogen-bond donors (Lipinski definition) is 0. The molecular formula is C31H29NP2Pt. The van der Waals surface area contributed by atoms with Crippen LogP contribution in [0.4, 0.5) is 0 Å². The number of aryl methyl sites for hydroxylation is 1. The second kappa shape index (κ2) is 17.9. The summed E-state index contributed by atoms with van der Waals surface area (Å²) >= 11 is 0. The Morgan fingerprint density at radius 1 is 0.629 bits per heavy atom. The van der Waals surface area contributed by atoms with Crippen LogP contribution in [0, 0.1) is 6.07 Å².